The highest BCUT2D eigenvalue weighted by atomic mass is 35.5. The Morgan fingerprint density at radius 1 is 1.37 bits per heavy atom. The van der Waals surface area contributed by atoms with E-state index in [1.54, 1.807) is 19.2 Å². The van der Waals surface area contributed by atoms with Gasteiger partial charge in [0, 0.05) is 17.7 Å². The molecule has 7 nitrogen and oxygen atoms in total. The largest absolute Gasteiger partial charge is 0.384 e. The predicted molar refractivity (Wildman–Crippen MR) is 105 cm³/mol. The molecule has 9 heteroatoms. The zero-order chi connectivity index (χ0) is 18.6. The van der Waals surface area contributed by atoms with Crippen molar-refractivity contribution in [2.75, 3.05) is 26.8 Å². The summed E-state index contributed by atoms with van der Waals surface area (Å²) >= 11 is 5.90. The molecular formula is C18H24Cl2N4O3. The topological polar surface area (TPSA) is 89.3 Å². The molecule has 2 N–H and O–H groups in total. The van der Waals surface area contributed by atoms with Crippen LogP contribution >= 0.6 is 24.0 Å². The van der Waals surface area contributed by atoms with Gasteiger partial charge in [-0.2, -0.15) is 4.98 Å². The summed E-state index contributed by atoms with van der Waals surface area (Å²) in [5.41, 5.74) is 0.262. The number of ether oxygens (including phenoxy) is 1. The summed E-state index contributed by atoms with van der Waals surface area (Å²) in [5.74, 6) is 0.794. The van der Waals surface area contributed by atoms with Crippen molar-refractivity contribution in [3.05, 3.63) is 35.1 Å². The number of nitrogens with zero attached hydrogens (tertiary/aromatic N) is 2. The van der Waals surface area contributed by atoms with Crippen LogP contribution in [0.3, 0.4) is 0 Å². The second-order valence-electron chi connectivity index (χ2n) is 6.62. The van der Waals surface area contributed by atoms with Gasteiger partial charge in [-0.25, -0.2) is 0 Å². The molecule has 1 aromatic heterocycles. The van der Waals surface area contributed by atoms with E-state index in [9.17, 15) is 4.79 Å². The minimum absolute atomic E-state index is 0. The Morgan fingerprint density at radius 2 is 2.04 bits per heavy atom. The van der Waals surface area contributed by atoms with E-state index in [4.69, 9.17) is 20.9 Å². The Hall–Kier alpha value is -1.67. The minimum atomic E-state index is -0.517. The van der Waals surface area contributed by atoms with E-state index < -0.39 is 5.41 Å². The summed E-state index contributed by atoms with van der Waals surface area (Å²) in [5, 5.41) is 10.9. The lowest BCUT2D eigenvalue weighted by Gasteiger charge is -2.36. The molecule has 2 aromatic rings. The second kappa shape index (κ2) is 9.50. The van der Waals surface area contributed by atoms with E-state index in [1.807, 2.05) is 19.1 Å². The molecule has 0 radical (unpaired) electrons. The van der Waals surface area contributed by atoms with Crippen LogP contribution in [-0.2, 0) is 9.53 Å². The van der Waals surface area contributed by atoms with Gasteiger partial charge in [0.2, 0.25) is 5.91 Å². The number of hydrogen-bond acceptors (Lipinski definition) is 6. The highest BCUT2D eigenvalue weighted by molar-refractivity contribution is 6.30. The zero-order valence-corrected chi connectivity index (χ0v) is 16.9. The summed E-state index contributed by atoms with van der Waals surface area (Å²) in [6.07, 6.45) is 1.48. The third kappa shape index (κ3) is 4.99. The van der Waals surface area contributed by atoms with Crippen molar-refractivity contribution < 1.29 is 14.1 Å². The number of methoxy groups -OCH3 is 1. The molecule has 27 heavy (non-hydrogen) atoms. The van der Waals surface area contributed by atoms with E-state index in [0.29, 0.717) is 23.3 Å². The molecule has 0 aliphatic carbocycles. The summed E-state index contributed by atoms with van der Waals surface area (Å²) in [6.45, 7) is 3.84. The molecule has 1 aliphatic rings. The third-order valence-corrected chi connectivity index (χ3v) is 4.98. The van der Waals surface area contributed by atoms with Crippen LogP contribution in [0.4, 0.5) is 0 Å². The smallest absolute Gasteiger partial charge is 0.257 e. The first-order valence-electron chi connectivity index (χ1n) is 8.64. The van der Waals surface area contributed by atoms with Gasteiger partial charge in [-0.3, -0.25) is 4.79 Å². The quantitative estimate of drug-likeness (QED) is 0.754. The number of amides is 1. The number of halogens is 2. The first-order chi connectivity index (χ1) is 12.5. The van der Waals surface area contributed by atoms with Crippen LogP contribution in [0.25, 0.3) is 11.5 Å². The molecule has 0 saturated carbocycles. The minimum Gasteiger partial charge on any atom is -0.384 e. The number of aromatic nitrogens is 2. The van der Waals surface area contributed by atoms with E-state index in [-0.39, 0.29) is 24.4 Å². The summed E-state index contributed by atoms with van der Waals surface area (Å²) < 4.78 is 10.6. The van der Waals surface area contributed by atoms with Gasteiger partial charge < -0.3 is 19.9 Å². The van der Waals surface area contributed by atoms with Crippen molar-refractivity contribution in [3.8, 4) is 11.5 Å². The van der Waals surface area contributed by atoms with Crippen LogP contribution in [0.15, 0.2) is 28.8 Å². The van der Waals surface area contributed by atoms with Crippen LogP contribution in [0.2, 0.25) is 5.02 Å². The van der Waals surface area contributed by atoms with Gasteiger partial charge >= 0.3 is 0 Å². The number of carbonyl (C=O) groups excluding carboxylic acids is 1. The second-order valence-corrected chi connectivity index (χ2v) is 7.06. The van der Waals surface area contributed by atoms with Crippen molar-refractivity contribution in [1.82, 2.24) is 20.8 Å². The molecule has 1 aromatic carbocycles. The fourth-order valence-corrected chi connectivity index (χ4v) is 3.28. The Bertz CT molecular complexity index is 740. The lowest BCUT2D eigenvalue weighted by molar-refractivity contribution is -0.137. The van der Waals surface area contributed by atoms with Crippen LogP contribution in [-0.4, -0.2) is 42.9 Å². The van der Waals surface area contributed by atoms with Gasteiger partial charge in [-0.1, -0.05) is 16.8 Å². The van der Waals surface area contributed by atoms with Gasteiger partial charge in [-0.15, -0.1) is 12.4 Å². The molecule has 1 saturated heterocycles. The summed E-state index contributed by atoms with van der Waals surface area (Å²) in [7, 11) is 1.62. The lowest BCUT2D eigenvalue weighted by atomic mass is 9.78. The number of nitrogens with one attached hydrogen (secondary N) is 2. The average molecular weight is 415 g/mol. The number of hydrogen-bond donors (Lipinski definition) is 2. The maximum Gasteiger partial charge on any atom is 0.257 e. The fraction of sp³-hybridized carbons (Fsp3) is 0.500. The van der Waals surface area contributed by atoms with Crippen LogP contribution in [0.5, 0.6) is 0 Å². The Kier molecular flexibility index (Phi) is 7.61. The SMILES string of the molecule is COCC1(C(=O)NC(C)c2noc(-c3ccc(Cl)cc3)n2)CCNCC1.Cl. The molecule has 0 spiro atoms. The fourth-order valence-electron chi connectivity index (χ4n) is 3.15. The molecule has 1 atom stereocenters. The highest BCUT2D eigenvalue weighted by Crippen LogP contribution is 2.30. The Morgan fingerprint density at radius 3 is 2.67 bits per heavy atom. The molecular weight excluding hydrogens is 391 g/mol. The standard InChI is InChI=1S/C18H23ClN4O3.ClH/c1-12(21-17(24)18(11-25-2)7-9-20-10-8-18)15-22-16(26-23-15)13-3-5-14(19)6-4-13;/h3-6,12,20H,7-11H2,1-2H3,(H,21,24);1H. The number of piperidine rings is 1. The van der Waals surface area contributed by atoms with Gasteiger partial charge in [-0.05, 0) is 57.1 Å². The molecule has 0 bridgehead atoms. The van der Waals surface area contributed by atoms with Crippen LogP contribution in [0, 0.1) is 5.41 Å². The molecule has 1 amide bonds. The normalized spacial score (nSPS) is 17.0. The third-order valence-electron chi connectivity index (χ3n) is 4.73. The van der Waals surface area contributed by atoms with Crippen molar-refractivity contribution in [2.24, 2.45) is 5.41 Å². The summed E-state index contributed by atoms with van der Waals surface area (Å²) in [6, 6.07) is 6.78. The van der Waals surface area contributed by atoms with E-state index in [2.05, 4.69) is 20.8 Å². The van der Waals surface area contributed by atoms with Gasteiger partial charge in [0.1, 0.15) is 0 Å². The van der Waals surface area contributed by atoms with E-state index in [1.165, 1.54) is 0 Å². The number of benzene rings is 1. The Labute approximate surface area is 169 Å². The summed E-state index contributed by atoms with van der Waals surface area (Å²) in [4.78, 5) is 17.3. The zero-order valence-electron chi connectivity index (χ0n) is 15.3. The first-order valence-corrected chi connectivity index (χ1v) is 9.02. The van der Waals surface area contributed by atoms with Crippen molar-refractivity contribution in [3.63, 3.8) is 0 Å². The molecule has 2 heterocycles. The monoisotopic (exact) mass is 414 g/mol. The van der Waals surface area contributed by atoms with Gasteiger partial charge in [0.15, 0.2) is 5.82 Å². The molecule has 1 unspecified atom stereocenters. The van der Waals surface area contributed by atoms with Crippen molar-refractivity contribution in [1.29, 1.82) is 0 Å². The van der Waals surface area contributed by atoms with Crippen LogP contribution in [0.1, 0.15) is 31.6 Å². The van der Waals surface area contributed by atoms with E-state index >= 15 is 0 Å². The number of rotatable bonds is 6. The molecule has 3 rings (SSSR count). The van der Waals surface area contributed by atoms with Gasteiger partial charge in [0.25, 0.3) is 5.89 Å². The van der Waals surface area contributed by atoms with Crippen molar-refractivity contribution >= 4 is 29.9 Å². The highest BCUT2D eigenvalue weighted by Gasteiger charge is 2.40. The maximum atomic E-state index is 12.9. The van der Waals surface area contributed by atoms with Crippen LogP contribution < -0.4 is 10.6 Å². The van der Waals surface area contributed by atoms with E-state index in [0.717, 1.165) is 31.5 Å². The average Bonchev–Trinajstić information content (AvgIpc) is 3.13. The van der Waals surface area contributed by atoms with Crippen molar-refractivity contribution in [2.45, 2.75) is 25.8 Å². The molecule has 1 aliphatic heterocycles. The first kappa shape index (κ1) is 21.6. The number of carbonyl (C=O) groups is 1. The molecule has 148 valence electrons. The Balaban J connectivity index is 0.00000261. The van der Waals surface area contributed by atoms with Gasteiger partial charge in [0.05, 0.1) is 18.1 Å². The molecule has 1 fully saturated rings. The lowest BCUT2D eigenvalue weighted by Crippen LogP contribution is -2.50. The predicted octanol–water partition coefficient (Wildman–Crippen LogP) is 3.01. The maximum absolute atomic E-state index is 12.9.